The molecule has 4 aromatic rings. The van der Waals surface area contributed by atoms with Crippen LogP contribution in [0.2, 0.25) is 0 Å². The van der Waals surface area contributed by atoms with E-state index in [2.05, 4.69) is 0 Å². The molecule has 0 unspecified atom stereocenters. The quantitative estimate of drug-likeness (QED) is 0.345. The van der Waals surface area contributed by atoms with Crippen molar-refractivity contribution in [1.29, 1.82) is 0 Å². The second-order valence-electron chi connectivity index (χ2n) is 10.6. The highest BCUT2D eigenvalue weighted by molar-refractivity contribution is 7.89. The smallest absolute Gasteiger partial charge is 0.243 e. The number of benzene rings is 2. The molecular weight excluding hydrogens is 571 g/mol. The summed E-state index contributed by atoms with van der Waals surface area (Å²) in [7, 11) is -5.79. The zero-order valence-corrected chi connectivity index (χ0v) is 25.6. The molecule has 2 aromatic heterocycles. The summed E-state index contributed by atoms with van der Waals surface area (Å²) in [5, 5.41) is 0. The topological polar surface area (TPSA) is 104 Å². The van der Waals surface area contributed by atoms with E-state index in [0.29, 0.717) is 35.9 Å². The number of rotatable bonds is 4. The summed E-state index contributed by atoms with van der Waals surface area (Å²) in [6, 6.07) is 24.6. The molecule has 42 heavy (non-hydrogen) atoms. The molecule has 4 bridgehead atoms. The molecule has 220 valence electrons. The Kier molecular flexibility index (Phi) is 8.86. The van der Waals surface area contributed by atoms with Gasteiger partial charge in [0.05, 0.1) is 45.7 Å². The van der Waals surface area contributed by atoms with Crippen LogP contribution in [0, 0.1) is 13.8 Å². The van der Waals surface area contributed by atoms with E-state index in [1.807, 2.05) is 62.2 Å². The standard InChI is InChI=1S/C31H35N5O4S2/c1-24-10-14-28(15-11-24)41(37,38)35-20-18-34(3)19-21-36(42(39,40)29-16-12-25(2)13-17-29)23-27-7-5-9-31(33-27)30-8-4-6-26(22-35)32-30/h4-17H,18-23H2,1-3H3. The van der Waals surface area contributed by atoms with Crippen LogP contribution >= 0.6 is 0 Å². The number of hydrogen-bond acceptors (Lipinski definition) is 7. The van der Waals surface area contributed by atoms with Gasteiger partial charge >= 0.3 is 0 Å². The van der Waals surface area contributed by atoms with Crippen LogP contribution in [0.3, 0.4) is 0 Å². The summed E-state index contributed by atoms with van der Waals surface area (Å²) in [5.74, 6) is 0. The summed E-state index contributed by atoms with van der Waals surface area (Å²) in [5.41, 5.74) is 4.30. The normalized spacial score (nSPS) is 16.5. The maximum atomic E-state index is 13.8. The molecule has 0 N–H and O–H groups in total. The molecule has 0 fully saturated rings. The van der Waals surface area contributed by atoms with Crippen LogP contribution in [0.5, 0.6) is 0 Å². The van der Waals surface area contributed by atoms with Crippen molar-refractivity contribution < 1.29 is 16.8 Å². The number of nitrogens with zero attached hydrogens (tertiary/aromatic N) is 5. The molecule has 0 aliphatic carbocycles. The van der Waals surface area contributed by atoms with Crippen molar-refractivity contribution in [1.82, 2.24) is 23.5 Å². The van der Waals surface area contributed by atoms with Crippen molar-refractivity contribution >= 4 is 20.0 Å². The molecule has 9 nitrogen and oxygen atoms in total. The SMILES string of the molecule is Cc1ccc(S(=O)(=O)N2CCN(C)CCN(S(=O)(=O)c3ccc(C)cc3)Cc3cccc(n3)-c3cccc(n3)C2)cc1. The maximum absolute atomic E-state index is 13.8. The van der Waals surface area contributed by atoms with Gasteiger partial charge in [-0.2, -0.15) is 8.61 Å². The van der Waals surface area contributed by atoms with E-state index < -0.39 is 20.0 Å². The Morgan fingerprint density at radius 2 is 0.929 bits per heavy atom. The van der Waals surface area contributed by atoms with Gasteiger partial charge in [0.1, 0.15) is 0 Å². The Labute approximate surface area is 248 Å². The van der Waals surface area contributed by atoms with E-state index in [9.17, 15) is 16.8 Å². The molecule has 0 saturated heterocycles. The Morgan fingerprint density at radius 3 is 1.31 bits per heavy atom. The van der Waals surface area contributed by atoms with Crippen molar-refractivity contribution in [2.24, 2.45) is 0 Å². The molecule has 2 aromatic carbocycles. The molecular formula is C31H35N5O4S2. The van der Waals surface area contributed by atoms with Crippen LogP contribution in [0.25, 0.3) is 11.4 Å². The van der Waals surface area contributed by atoms with Crippen LogP contribution in [0.4, 0.5) is 0 Å². The van der Waals surface area contributed by atoms with Crippen LogP contribution in [0.1, 0.15) is 22.5 Å². The fourth-order valence-corrected chi connectivity index (χ4v) is 7.55. The lowest BCUT2D eigenvalue weighted by molar-refractivity contribution is 0.264. The average molecular weight is 606 g/mol. The third-order valence-corrected chi connectivity index (χ3v) is 11.1. The minimum Gasteiger partial charge on any atom is -0.304 e. The first-order valence-corrected chi connectivity index (χ1v) is 16.6. The molecule has 0 radical (unpaired) electrons. The van der Waals surface area contributed by atoms with Crippen LogP contribution in [0.15, 0.2) is 94.7 Å². The fraction of sp³-hybridized carbons (Fsp3) is 0.290. The van der Waals surface area contributed by atoms with E-state index in [1.165, 1.54) is 8.61 Å². The van der Waals surface area contributed by atoms with Gasteiger partial charge in [0, 0.05) is 26.2 Å². The molecule has 0 amide bonds. The van der Waals surface area contributed by atoms with Gasteiger partial charge in [0.15, 0.2) is 0 Å². The highest BCUT2D eigenvalue weighted by Crippen LogP contribution is 2.23. The van der Waals surface area contributed by atoms with E-state index in [4.69, 9.17) is 9.97 Å². The predicted molar refractivity (Wildman–Crippen MR) is 163 cm³/mol. The number of pyridine rings is 2. The Bertz CT molecular complexity index is 1630. The predicted octanol–water partition coefficient (Wildman–Crippen LogP) is 4.09. The lowest BCUT2D eigenvalue weighted by atomic mass is 10.2. The van der Waals surface area contributed by atoms with Gasteiger partial charge in [0.25, 0.3) is 0 Å². The Balaban J connectivity index is 1.54. The third-order valence-electron chi connectivity index (χ3n) is 7.33. The average Bonchev–Trinajstić information content (AvgIpc) is 2.97. The van der Waals surface area contributed by atoms with Gasteiger partial charge in [0.2, 0.25) is 20.0 Å². The van der Waals surface area contributed by atoms with Crippen molar-refractivity contribution in [2.45, 2.75) is 36.7 Å². The summed E-state index contributed by atoms with van der Waals surface area (Å²) >= 11 is 0. The van der Waals surface area contributed by atoms with Gasteiger partial charge in [-0.25, -0.2) is 26.8 Å². The molecule has 1 aliphatic heterocycles. The number of aryl methyl sites for hydroxylation is 2. The monoisotopic (exact) mass is 605 g/mol. The van der Waals surface area contributed by atoms with Gasteiger partial charge in [-0.05, 0) is 69.4 Å². The van der Waals surface area contributed by atoms with E-state index >= 15 is 0 Å². The molecule has 11 heteroatoms. The number of sulfonamides is 2. The summed E-state index contributed by atoms with van der Waals surface area (Å²) in [6.45, 7) is 5.21. The van der Waals surface area contributed by atoms with Crippen molar-refractivity contribution in [3.8, 4) is 11.4 Å². The zero-order chi connectivity index (χ0) is 29.9. The number of fused-ring (bicyclic) bond motifs is 5. The number of hydrogen-bond donors (Lipinski definition) is 0. The first kappa shape index (κ1) is 30.0. The summed E-state index contributed by atoms with van der Waals surface area (Å²) < 4.78 is 58.0. The minimum absolute atomic E-state index is 0.0888. The van der Waals surface area contributed by atoms with Crippen molar-refractivity contribution in [3.05, 3.63) is 107 Å². The van der Waals surface area contributed by atoms with Gasteiger partial charge < -0.3 is 4.90 Å². The van der Waals surface area contributed by atoms with Crippen LogP contribution in [-0.4, -0.2) is 73.5 Å². The second-order valence-corrected chi connectivity index (χ2v) is 14.5. The maximum Gasteiger partial charge on any atom is 0.243 e. The molecule has 3 heterocycles. The number of likely N-dealkylation sites (N-methyl/N-ethyl adjacent to an activating group) is 1. The van der Waals surface area contributed by atoms with Crippen molar-refractivity contribution in [3.63, 3.8) is 0 Å². The molecule has 5 rings (SSSR count). The lowest BCUT2D eigenvalue weighted by Gasteiger charge is -2.27. The Hall–Kier alpha value is -3.48. The number of aromatic nitrogens is 2. The largest absolute Gasteiger partial charge is 0.304 e. The minimum atomic E-state index is -3.83. The highest BCUT2D eigenvalue weighted by Gasteiger charge is 2.28. The van der Waals surface area contributed by atoms with E-state index in [0.717, 1.165) is 11.1 Å². The molecule has 0 spiro atoms. The van der Waals surface area contributed by atoms with Gasteiger partial charge in [-0.1, -0.05) is 47.5 Å². The van der Waals surface area contributed by atoms with E-state index in [1.54, 1.807) is 48.5 Å². The molecule has 0 atom stereocenters. The summed E-state index contributed by atoms with van der Waals surface area (Å²) in [4.78, 5) is 11.9. The van der Waals surface area contributed by atoms with Gasteiger partial charge in [-0.15, -0.1) is 0 Å². The van der Waals surface area contributed by atoms with Crippen LogP contribution < -0.4 is 0 Å². The van der Waals surface area contributed by atoms with Crippen LogP contribution in [-0.2, 0) is 33.1 Å². The second kappa shape index (κ2) is 12.4. The molecule has 1 aliphatic rings. The Morgan fingerprint density at radius 1 is 0.548 bits per heavy atom. The molecule has 0 saturated carbocycles. The first-order chi connectivity index (χ1) is 20.0. The fourth-order valence-electron chi connectivity index (χ4n) is 4.75. The first-order valence-electron chi connectivity index (χ1n) is 13.8. The van der Waals surface area contributed by atoms with Gasteiger partial charge in [-0.3, -0.25) is 0 Å². The van der Waals surface area contributed by atoms with Crippen molar-refractivity contribution in [2.75, 3.05) is 33.2 Å². The summed E-state index contributed by atoms with van der Waals surface area (Å²) in [6.07, 6.45) is 0. The van der Waals surface area contributed by atoms with E-state index in [-0.39, 0.29) is 36.0 Å². The zero-order valence-electron chi connectivity index (χ0n) is 24.0. The lowest BCUT2D eigenvalue weighted by Crippen LogP contribution is -2.41. The highest BCUT2D eigenvalue weighted by atomic mass is 32.2. The third kappa shape index (κ3) is 6.77.